The fraction of sp³-hybridized carbons (Fsp3) is 0.465. The Morgan fingerprint density at radius 1 is 0.667 bits per heavy atom. The lowest BCUT2D eigenvalue weighted by atomic mass is 10.1. The van der Waals surface area contributed by atoms with Gasteiger partial charge in [-0.1, -0.05) is 69.7 Å². The number of carbonyl (C=O) groups excluding carboxylic acids is 7. The van der Waals surface area contributed by atoms with E-state index in [1.807, 2.05) is 6.92 Å². The first-order valence-corrected chi connectivity index (χ1v) is 25.3. The Bertz CT molecular complexity index is 2030. The lowest BCUT2D eigenvalue weighted by Gasteiger charge is -2.33. The van der Waals surface area contributed by atoms with Gasteiger partial charge in [-0.05, 0) is 24.6 Å². The van der Waals surface area contributed by atoms with E-state index in [1.165, 1.54) is 30.2 Å². The molecule has 0 unspecified atom stereocenters. The van der Waals surface area contributed by atoms with E-state index in [0.29, 0.717) is 22.1 Å². The molecule has 26 heteroatoms. The van der Waals surface area contributed by atoms with E-state index in [0.717, 1.165) is 17.7 Å². The molecule has 2 aromatic rings. The molecule has 9 amide bonds. The third-order valence-corrected chi connectivity index (χ3v) is 10.9. The predicted octanol–water partition coefficient (Wildman–Crippen LogP) is 2.77. The van der Waals surface area contributed by atoms with Crippen LogP contribution >= 0.6 is 0 Å². The maximum Gasteiger partial charge on any atom is 0.432 e. The van der Waals surface area contributed by atoms with E-state index in [9.17, 15) is 43.8 Å². The highest BCUT2D eigenvalue weighted by Gasteiger charge is 2.29. The molecule has 25 nitrogen and oxygen atoms in total. The van der Waals surface area contributed by atoms with Crippen LogP contribution in [-0.2, 0) is 25.5 Å². The smallest absolute Gasteiger partial charge is 0.432 e. The number of urea groups is 2. The quantitative estimate of drug-likeness (QED) is 0.0333. The molecule has 69 heavy (non-hydrogen) atoms. The monoisotopic (exact) mass is 990 g/mol. The summed E-state index contributed by atoms with van der Waals surface area (Å²) in [6, 6.07) is 3.34. The summed E-state index contributed by atoms with van der Waals surface area (Å²) in [5.74, 6) is -0.797. The van der Waals surface area contributed by atoms with Gasteiger partial charge in [0.1, 0.15) is 25.6 Å². The van der Waals surface area contributed by atoms with Gasteiger partial charge in [-0.3, -0.25) is 0 Å². The normalized spacial score (nSPS) is 11.9. The number of aromatic nitrogens is 1. The highest BCUT2D eigenvalue weighted by molar-refractivity contribution is 6.76. The summed E-state index contributed by atoms with van der Waals surface area (Å²) in [5.41, 5.74) is 1.33. The summed E-state index contributed by atoms with van der Waals surface area (Å²) >= 11 is 0. The number of hydrogen-bond acceptors (Lipinski definition) is 15. The third-order valence-electron chi connectivity index (χ3n) is 9.15. The van der Waals surface area contributed by atoms with Crippen LogP contribution in [0.2, 0.25) is 25.7 Å². The van der Waals surface area contributed by atoms with Crippen LogP contribution in [0, 0.1) is 6.92 Å². The van der Waals surface area contributed by atoms with Crippen LogP contribution in [-0.4, -0.2) is 161 Å². The van der Waals surface area contributed by atoms with Crippen molar-refractivity contribution in [2.75, 3.05) is 72.8 Å². The van der Waals surface area contributed by atoms with E-state index in [2.05, 4.69) is 81.9 Å². The second kappa shape index (κ2) is 30.5. The van der Waals surface area contributed by atoms with Gasteiger partial charge in [0.05, 0.1) is 38.4 Å². The summed E-state index contributed by atoms with van der Waals surface area (Å²) in [5, 5.41) is 40.5. The number of hydrogen-bond donors (Lipinski definition) is 10. The molecule has 2 rings (SSSR count). The molecule has 1 heterocycles. The van der Waals surface area contributed by atoms with Gasteiger partial charge in [0.2, 0.25) is 11.8 Å². The summed E-state index contributed by atoms with van der Waals surface area (Å²) in [7, 11) is -0.105. The molecule has 0 aliphatic carbocycles. The van der Waals surface area contributed by atoms with Crippen molar-refractivity contribution in [2.24, 2.45) is 0 Å². The number of amides is 9. The van der Waals surface area contributed by atoms with Crippen LogP contribution in [0.3, 0.4) is 0 Å². The number of aryl methyl sites for hydroxylation is 1. The molecule has 0 fully saturated rings. The summed E-state index contributed by atoms with van der Waals surface area (Å²) in [4.78, 5) is 97.0. The van der Waals surface area contributed by atoms with Crippen molar-refractivity contribution < 1.29 is 72.3 Å². The van der Waals surface area contributed by atoms with E-state index in [4.69, 9.17) is 28.5 Å². The number of methoxy groups -OCH3 is 1. The lowest BCUT2D eigenvalue weighted by Crippen LogP contribution is -2.58. The molecular weight excluding hydrogens is 925 g/mol. The molecule has 1 aromatic heterocycles. The number of alkyl carbamates (subject to hydrolysis) is 4. The van der Waals surface area contributed by atoms with Crippen molar-refractivity contribution in [1.82, 2.24) is 52.2 Å². The van der Waals surface area contributed by atoms with Gasteiger partial charge in [-0.25, -0.2) is 33.6 Å². The van der Waals surface area contributed by atoms with Gasteiger partial charge in [-0.2, -0.15) is 0 Å². The average molecular weight is 991 g/mol. The van der Waals surface area contributed by atoms with Gasteiger partial charge in [0.15, 0.2) is 0 Å². The Morgan fingerprint density at radius 2 is 1.16 bits per heavy atom. The Hall–Kier alpha value is -7.77. The molecule has 1 aromatic carbocycles. The van der Waals surface area contributed by atoms with Crippen molar-refractivity contribution in [1.29, 1.82) is 0 Å². The number of aromatic hydroxyl groups is 2. The molecule has 0 saturated carbocycles. The lowest BCUT2D eigenvalue weighted by molar-refractivity contribution is 0.104. The Labute approximate surface area is 401 Å². The van der Waals surface area contributed by atoms with E-state index < -0.39 is 87.0 Å². The third kappa shape index (κ3) is 23.5. The summed E-state index contributed by atoms with van der Waals surface area (Å²) < 4.78 is 26.4. The van der Waals surface area contributed by atoms with E-state index in [1.54, 1.807) is 18.2 Å². The van der Waals surface area contributed by atoms with E-state index in [-0.39, 0.29) is 65.7 Å². The number of nitrogens with one attached hydrogen (secondary N) is 8. The summed E-state index contributed by atoms with van der Waals surface area (Å²) in [6.45, 7) is 16.5. The van der Waals surface area contributed by atoms with Crippen LogP contribution in [0.15, 0.2) is 68.3 Å². The molecule has 3 atom stereocenters. The first-order valence-electron chi connectivity index (χ1n) is 21.5. The molecule has 0 bridgehead atoms. The number of nitrogens with zero attached hydrogens (tertiary/aromatic N) is 2. The van der Waals surface area contributed by atoms with Gasteiger partial charge in [0.25, 0.3) is 0 Å². The molecule has 382 valence electrons. The van der Waals surface area contributed by atoms with Crippen molar-refractivity contribution in [3.63, 3.8) is 0 Å². The zero-order valence-electron chi connectivity index (χ0n) is 39.6. The highest BCUT2D eigenvalue weighted by Crippen LogP contribution is 2.23. The zero-order valence-corrected chi connectivity index (χ0v) is 40.6. The van der Waals surface area contributed by atoms with Crippen molar-refractivity contribution in [2.45, 2.75) is 57.3 Å². The van der Waals surface area contributed by atoms with Crippen LogP contribution in [0.5, 0.6) is 17.5 Å². The number of carbonyl (C=O) groups is 7. The fourth-order valence-electron chi connectivity index (χ4n) is 5.58. The Balaban J connectivity index is 2.42. The number of rotatable bonds is 28. The molecule has 10 N–H and O–H groups in total. The maximum atomic E-state index is 14.4. The first kappa shape index (κ1) is 57.4. The molecule has 0 radical (unpaired) electrons. The van der Waals surface area contributed by atoms with Gasteiger partial charge in [-0.15, -0.1) is 4.73 Å². The highest BCUT2D eigenvalue weighted by atomic mass is 28.3. The molecule has 0 spiro atoms. The van der Waals surface area contributed by atoms with Crippen molar-refractivity contribution in [3.8, 4) is 17.5 Å². The Kier molecular flexibility index (Phi) is 25.4. The second-order valence-electron chi connectivity index (χ2n) is 16.0. The van der Waals surface area contributed by atoms with Crippen LogP contribution < -0.4 is 52.1 Å². The van der Waals surface area contributed by atoms with Crippen LogP contribution in [0.1, 0.15) is 11.1 Å². The zero-order chi connectivity index (χ0) is 51.4. The second-order valence-corrected chi connectivity index (χ2v) is 21.7. The standard InChI is InChI=1S/C43H66N10O15Si/c1-9-16-64-39(58)46-24-31(50-37(56)44-22-32(25-47-40(59)65-17-10-2)51-43(62)67-19-20-69(6,7)8)23-45-38(57)52(28-30-13-12-29(4)21-34(30)63-5)33(26-48-41(60)66-18-11-3)27-49-42(61)68-53-35(54)14-15-36(53)55/h9-15,21,31-33,54-55H,1-3,16-20,22-28H2,4-8H3,(H,45,57)(H,46,58)(H,47,59)(H,48,60)(H,49,61)(H,51,62)(H2,44,50,56)/t31-,32-,33+/m1/s1. The first-order chi connectivity index (χ1) is 32.8. The van der Waals surface area contributed by atoms with Gasteiger partial charge in [0, 0.05) is 65.0 Å². The van der Waals surface area contributed by atoms with Gasteiger partial charge < -0.3 is 86.2 Å². The fourth-order valence-corrected chi connectivity index (χ4v) is 6.29. The van der Waals surface area contributed by atoms with Crippen molar-refractivity contribution >= 4 is 50.6 Å². The predicted molar refractivity (Wildman–Crippen MR) is 254 cm³/mol. The minimum absolute atomic E-state index is 0.0742. The number of ether oxygens (including phenoxy) is 5. The van der Waals surface area contributed by atoms with Crippen LogP contribution in [0.4, 0.5) is 33.6 Å². The van der Waals surface area contributed by atoms with Crippen LogP contribution in [0.25, 0.3) is 0 Å². The Morgan fingerprint density at radius 3 is 1.68 bits per heavy atom. The molecular formula is C43H66N10O15Si. The van der Waals surface area contributed by atoms with Gasteiger partial charge >= 0.3 is 42.5 Å². The molecule has 0 aliphatic rings. The summed E-state index contributed by atoms with van der Waals surface area (Å²) in [6.07, 6.45) is -0.477. The average Bonchev–Trinajstić information content (AvgIpc) is 3.62. The molecule has 0 saturated heterocycles. The number of benzene rings is 1. The maximum absolute atomic E-state index is 14.4. The largest absolute Gasteiger partial charge is 0.496 e. The SMILES string of the molecule is C=CCOC(=O)NC[C@@H](CNC(=O)N(Cc1ccc(C)cc1OC)[C@@H](CNC(=O)OCC=C)CNC(=O)On1c(O)ccc1O)NC(=O)NC[C@H](CNC(=O)OCC=C)NC(=O)OCC[Si](C)(C)C. The van der Waals surface area contributed by atoms with E-state index >= 15 is 0 Å². The minimum atomic E-state index is -1.54. The molecule has 0 aliphatic heterocycles. The van der Waals surface area contributed by atoms with Crippen molar-refractivity contribution in [3.05, 3.63) is 79.4 Å². The topological polar surface area (TPSA) is 320 Å². The minimum Gasteiger partial charge on any atom is -0.496 e.